The molecule has 17 heavy (non-hydrogen) atoms. The minimum Gasteiger partial charge on any atom is -0.301 e. The first-order chi connectivity index (χ1) is 7.97. The van der Waals surface area contributed by atoms with Gasteiger partial charge in [-0.15, -0.1) is 0 Å². The van der Waals surface area contributed by atoms with Crippen molar-refractivity contribution in [2.45, 2.75) is 50.8 Å². The van der Waals surface area contributed by atoms with Crippen molar-refractivity contribution in [3.63, 3.8) is 0 Å². The van der Waals surface area contributed by atoms with Gasteiger partial charge < -0.3 is 4.90 Å². The Balaban J connectivity index is 1.78. The summed E-state index contributed by atoms with van der Waals surface area (Å²) in [6.07, 6.45) is 4.22. The highest BCUT2D eigenvalue weighted by Gasteiger charge is 2.36. The van der Waals surface area contributed by atoms with Gasteiger partial charge in [0.2, 0.25) is 10.0 Å². The third-order valence-corrected chi connectivity index (χ3v) is 5.68. The first-order valence-corrected chi connectivity index (χ1v) is 8.25. The highest BCUT2D eigenvalue weighted by atomic mass is 32.2. The number of nitrogens with zero attached hydrogens (tertiary/aromatic N) is 1. The standard InChI is InChI=1S/C12H24N2O2S/c1-10-4-3-7-14(8-10)9-11(2)13-17(15,16)12-5-6-12/h10-13H,3-9H2,1-2H3/t10-,11-/m1/s1. The lowest BCUT2D eigenvalue weighted by Gasteiger charge is -2.32. The Morgan fingerprint density at radius 2 is 2.06 bits per heavy atom. The molecule has 0 unspecified atom stereocenters. The van der Waals surface area contributed by atoms with Gasteiger partial charge in [-0.05, 0) is 45.1 Å². The molecule has 2 rings (SSSR count). The summed E-state index contributed by atoms with van der Waals surface area (Å²) in [5, 5.41) is -0.106. The van der Waals surface area contributed by atoms with E-state index in [-0.39, 0.29) is 11.3 Å². The van der Waals surface area contributed by atoms with Crippen molar-refractivity contribution in [3.05, 3.63) is 0 Å². The molecule has 1 saturated heterocycles. The third-order valence-electron chi connectivity index (χ3n) is 3.60. The van der Waals surface area contributed by atoms with Gasteiger partial charge in [0.25, 0.3) is 0 Å². The van der Waals surface area contributed by atoms with Gasteiger partial charge in [0, 0.05) is 19.1 Å². The van der Waals surface area contributed by atoms with Crippen LogP contribution in [0, 0.1) is 5.92 Å². The van der Waals surface area contributed by atoms with Gasteiger partial charge in [-0.3, -0.25) is 0 Å². The lowest BCUT2D eigenvalue weighted by molar-refractivity contribution is 0.174. The molecule has 0 bridgehead atoms. The zero-order valence-electron chi connectivity index (χ0n) is 10.9. The lowest BCUT2D eigenvalue weighted by Crippen LogP contribution is -2.45. The number of hydrogen-bond donors (Lipinski definition) is 1. The van der Waals surface area contributed by atoms with Gasteiger partial charge in [-0.2, -0.15) is 0 Å². The highest BCUT2D eigenvalue weighted by molar-refractivity contribution is 7.90. The van der Waals surface area contributed by atoms with Crippen LogP contribution in [0.4, 0.5) is 0 Å². The van der Waals surface area contributed by atoms with Crippen molar-refractivity contribution >= 4 is 10.0 Å². The van der Waals surface area contributed by atoms with Crippen molar-refractivity contribution in [2.75, 3.05) is 19.6 Å². The molecule has 2 fully saturated rings. The summed E-state index contributed by atoms with van der Waals surface area (Å²) in [7, 11) is -3.03. The first kappa shape index (κ1) is 13.3. The SMILES string of the molecule is C[C@@H]1CCCN(C[C@@H](C)NS(=O)(=O)C2CC2)C1. The van der Waals surface area contributed by atoms with Gasteiger partial charge in [0.15, 0.2) is 0 Å². The fourth-order valence-electron chi connectivity index (χ4n) is 2.63. The monoisotopic (exact) mass is 260 g/mol. The van der Waals surface area contributed by atoms with E-state index in [2.05, 4.69) is 16.5 Å². The smallest absolute Gasteiger partial charge is 0.214 e. The number of sulfonamides is 1. The minimum absolute atomic E-state index is 0.0332. The second kappa shape index (κ2) is 5.24. The molecule has 0 amide bonds. The first-order valence-electron chi connectivity index (χ1n) is 6.71. The van der Waals surface area contributed by atoms with Gasteiger partial charge >= 0.3 is 0 Å². The molecular formula is C12H24N2O2S. The van der Waals surface area contributed by atoms with Gasteiger partial charge in [-0.25, -0.2) is 13.1 Å². The summed E-state index contributed by atoms with van der Waals surface area (Å²) in [5.74, 6) is 0.746. The minimum atomic E-state index is -3.03. The molecule has 0 aromatic carbocycles. The average molecular weight is 260 g/mol. The molecule has 2 atom stereocenters. The highest BCUT2D eigenvalue weighted by Crippen LogP contribution is 2.27. The number of piperidine rings is 1. The fourth-order valence-corrected chi connectivity index (χ4v) is 4.22. The molecule has 0 aromatic rings. The molecule has 1 aliphatic carbocycles. The van der Waals surface area contributed by atoms with Crippen LogP contribution in [-0.4, -0.2) is 44.2 Å². The Kier molecular flexibility index (Phi) is 4.10. The van der Waals surface area contributed by atoms with Crippen LogP contribution in [0.2, 0.25) is 0 Å². The summed E-state index contributed by atoms with van der Waals surface area (Å²) in [6, 6.07) is 0.0332. The molecule has 0 spiro atoms. The van der Waals surface area contributed by atoms with E-state index >= 15 is 0 Å². The predicted molar refractivity (Wildman–Crippen MR) is 69.4 cm³/mol. The topological polar surface area (TPSA) is 49.4 Å². The van der Waals surface area contributed by atoms with Gasteiger partial charge in [0.05, 0.1) is 5.25 Å². The van der Waals surface area contributed by atoms with Crippen molar-refractivity contribution in [2.24, 2.45) is 5.92 Å². The second-order valence-electron chi connectivity index (χ2n) is 5.77. The quantitative estimate of drug-likeness (QED) is 0.808. The molecule has 2 aliphatic rings. The Morgan fingerprint density at radius 3 is 2.65 bits per heavy atom. The maximum absolute atomic E-state index is 11.8. The van der Waals surface area contributed by atoms with E-state index in [9.17, 15) is 8.42 Å². The number of rotatable bonds is 5. The van der Waals surface area contributed by atoms with Crippen LogP contribution in [0.3, 0.4) is 0 Å². The van der Waals surface area contributed by atoms with Gasteiger partial charge in [0.1, 0.15) is 0 Å². The third kappa shape index (κ3) is 3.93. The van der Waals surface area contributed by atoms with E-state index in [1.165, 1.54) is 12.8 Å². The molecule has 100 valence electrons. The van der Waals surface area contributed by atoms with Crippen LogP contribution >= 0.6 is 0 Å². The van der Waals surface area contributed by atoms with Crippen LogP contribution in [-0.2, 0) is 10.0 Å². The molecule has 1 heterocycles. The average Bonchev–Trinajstić information content (AvgIpc) is 2.98. The summed E-state index contributed by atoms with van der Waals surface area (Å²) in [5.41, 5.74) is 0. The second-order valence-corrected chi connectivity index (χ2v) is 7.76. The Labute approximate surface area is 105 Å². The number of likely N-dealkylation sites (tertiary alicyclic amines) is 1. The molecule has 4 nitrogen and oxygen atoms in total. The zero-order chi connectivity index (χ0) is 12.5. The largest absolute Gasteiger partial charge is 0.301 e. The van der Waals surface area contributed by atoms with Crippen LogP contribution in [0.25, 0.3) is 0 Å². The lowest BCUT2D eigenvalue weighted by atomic mass is 10.00. The van der Waals surface area contributed by atoms with E-state index in [0.29, 0.717) is 0 Å². The molecule has 1 saturated carbocycles. The van der Waals surface area contributed by atoms with E-state index < -0.39 is 10.0 Å². The Hall–Kier alpha value is -0.130. The molecule has 0 aromatic heterocycles. The van der Waals surface area contributed by atoms with Crippen LogP contribution < -0.4 is 4.72 Å². The van der Waals surface area contributed by atoms with E-state index in [4.69, 9.17) is 0 Å². The van der Waals surface area contributed by atoms with Crippen molar-refractivity contribution in [1.82, 2.24) is 9.62 Å². The number of nitrogens with one attached hydrogen (secondary N) is 1. The van der Waals surface area contributed by atoms with Crippen molar-refractivity contribution in [3.8, 4) is 0 Å². The molecule has 1 aliphatic heterocycles. The molecular weight excluding hydrogens is 236 g/mol. The Morgan fingerprint density at radius 1 is 1.35 bits per heavy atom. The van der Waals surface area contributed by atoms with Crippen LogP contribution in [0.15, 0.2) is 0 Å². The van der Waals surface area contributed by atoms with Crippen molar-refractivity contribution < 1.29 is 8.42 Å². The van der Waals surface area contributed by atoms with Crippen molar-refractivity contribution in [1.29, 1.82) is 0 Å². The van der Waals surface area contributed by atoms with Crippen LogP contribution in [0.1, 0.15) is 39.5 Å². The number of hydrogen-bond acceptors (Lipinski definition) is 3. The Bertz CT molecular complexity index is 352. The van der Waals surface area contributed by atoms with E-state index in [1.807, 2.05) is 6.92 Å². The molecule has 5 heteroatoms. The van der Waals surface area contributed by atoms with Crippen LogP contribution in [0.5, 0.6) is 0 Å². The fraction of sp³-hybridized carbons (Fsp3) is 1.00. The molecule has 1 N–H and O–H groups in total. The maximum atomic E-state index is 11.8. The summed E-state index contributed by atoms with van der Waals surface area (Å²) in [6.45, 7) is 7.30. The maximum Gasteiger partial charge on any atom is 0.214 e. The normalized spacial score (nSPS) is 29.2. The van der Waals surface area contributed by atoms with Gasteiger partial charge in [-0.1, -0.05) is 6.92 Å². The summed E-state index contributed by atoms with van der Waals surface area (Å²) in [4.78, 5) is 2.38. The van der Waals surface area contributed by atoms with E-state index in [0.717, 1.165) is 38.4 Å². The predicted octanol–water partition coefficient (Wildman–Crippen LogP) is 1.19. The zero-order valence-corrected chi connectivity index (χ0v) is 11.7. The molecule has 0 radical (unpaired) electrons. The van der Waals surface area contributed by atoms with E-state index in [1.54, 1.807) is 0 Å². The summed E-state index contributed by atoms with van der Waals surface area (Å²) >= 11 is 0. The summed E-state index contributed by atoms with van der Waals surface area (Å²) < 4.78 is 26.4.